The van der Waals surface area contributed by atoms with Gasteiger partial charge in [-0.3, -0.25) is 14.4 Å². The van der Waals surface area contributed by atoms with Gasteiger partial charge in [-0.05, 0) is 31.4 Å². The van der Waals surface area contributed by atoms with Crippen LogP contribution in [0.2, 0.25) is 0 Å². The molecule has 0 fully saturated rings. The number of hydrogen-bond acceptors (Lipinski definition) is 5. The van der Waals surface area contributed by atoms with Crippen molar-refractivity contribution < 1.29 is 9.59 Å². The monoisotopic (exact) mass is 373 g/mol. The fraction of sp³-hybridized carbons (Fsp3) is 0.368. The molecular formula is C19H23N3O3S. The van der Waals surface area contributed by atoms with Crippen LogP contribution >= 0.6 is 11.8 Å². The Morgan fingerprint density at radius 2 is 2.00 bits per heavy atom. The first-order valence-electron chi connectivity index (χ1n) is 8.50. The van der Waals surface area contributed by atoms with Gasteiger partial charge in [0.05, 0.1) is 10.9 Å². The lowest BCUT2D eigenvalue weighted by Crippen LogP contribution is -2.25. The van der Waals surface area contributed by atoms with Crippen molar-refractivity contribution in [2.24, 2.45) is 0 Å². The number of aromatic amines is 1. The van der Waals surface area contributed by atoms with Crippen molar-refractivity contribution in [3.8, 4) is 0 Å². The van der Waals surface area contributed by atoms with E-state index in [4.69, 9.17) is 0 Å². The van der Waals surface area contributed by atoms with E-state index in [0.29, 0.717) is 28.5 Å². The number of nitrogens with zero attached hydrogens (tertiary/aromatic N) is 1. The number of carbonyl (C=O) groups excluding carboxylic acids is 2. The number of nitrogens with one attached hydrogen (secondary N) is 2. The van der Waals surface area contributed by atoms with Crippen molar-refractivity contribution in [3.05, 3.63) is 51.9 Å². The van der Waals surface area contributed by atoms with Gasteiger partial charge in [0.1, 0.15) is 0 Å². The van der Waals surface area contributed by atoms with Crippen molar-refractivity contribution >= 4 is 29.1 Å². The van der Waals surface area contributed by atoms with Crippen LogP contribution in [0.1, 0.15) is 56.1 Å². The van der Waals surface area contributed by atoms with E-state index in [1.807, 2.05) is 20.8 Å². The third-order valence-electron chi connectivity index (χ3n) is 3.79. The second-order valence-electron chi connectivity index (χ2n) is 6.27. The van der Waals surface area contributed by atoms with Crippen molar-refractivity contribution in [1.29, 1.82) is 0 Å². The Morgan fingerprint density at radius 3 is 2.62 bits per heavy atom. The number of thioether (sulfide) groups is 1. The molecule has 0 aliphatic rings. The van der Waals surface area contributed by atoms with Gasteiger partial charge < -0.3 is 10.3 Å². The average Bonchev–Trinajstić information content (AvgIpc) is 2.59. The van der Waals surface area contributed by atoms with Crippen LogP contribution in [-0.2, 0) is 4.79 Å². The van der Waals surface area contributed by atoms with Crippen LogP contribution in [0.3, 0.4) is 0 Å². The minimum atomic E-state index is -0.415. The molecule has 0 saturated carbocycles. The number of benzene rings is 1. The molecule has 7 heteroatoms. The van der Waals surface area contributed by atoms with E-state index in [1.165, 1.54) is 24.8 Å². The van der Waals surface area contributed by atoms with Crippen LogP contribution in [0.5, 0.6) is 0 Å². The molecule has 1 amide bonds. The van der Waals surface area contributed by atoms with Gasteiger partial charge in [0.2, 0.25) is 5.91 Å². The molecule has 0 saturated heterocycles. The highest BCUT2D eigenvalue weighted by Crippen LogP contribution is 2.24. The SMILES string of the molecule is CCC(Sc1nc(C(C)C)cc(=O)[nH]1)C(=O)Nc1cccc(C(C)=O)c1. The number of aromatic nitrogens is 2. The lowest BCUT2D eigenvalue weighted by Gasteiger charge is -2.15. The number of ketones is 1. The standard InChI is InChI=1S/C19H23N3O3S/c1-5-16(26-19-21-15(11(2)3)10-17(24)22-19)18(25)20-14-8-6-7-13(9-14)12(4)23/h6-11,16H,5H2,1-4H3,(H,20,25)(H,21,22,24). The van der Waals surface area contributed by atoms with Gasteiger partial charge in [0.25, 0.3) is 5.56 Å². The summed E-state index contributed by atoms with van der Waals surface area (Å²) in [5.41, 5.74) is 1.58. The van der Waals surface area contributed by atoms with Gasteiger partial charge >= 0.3 is 0 Å². The van der Waals surface area contributed by atoms with Gasteiger partial charge in [0, 0.05) is 17.3 Å². The maximum absolute atomic E-state index is 12.6. The largest absolute Gasteiger partial charge is 0.325 e. The molecule has 138 valence electrons. The van der Waals surface area contributed by atoms with Gasteiger partial charge in [-0.25, -0.2) is 4.98 Å². The van der Waals surface area contributed by atoms with Gasteiger partial charge in [0.15, 0.2) is 10.9 Å². The first-order chi connectivity index (χ1) is 12.3. The molecular weight excluding hydrogens is 350 g/mol. The van der Waals surface area contributed by atoms with Gasteiger partial charge in [-0.15, -0.1) is 0 Å². The molecule has 1 unspecified atom stereocenters. The minimum absolute atomic E-state index is 0.0604. The minimum Gasteiger partial charge on any atom is -0.325 e. The van der Waals surface area contributed by atoms with Crippen LogP contribution in [0.15, 0.2) is 40.3 Å². The molecule has 0 aliphatic carbocycles. The highest BCUT2D eigenvalue weighted by Gasteiger charge is 2.20. The molecule has 26 heavy (non-hydrogen) atoms. The molecule has 0 radical (unpaired) electrons. The summed E-state index contributed by atoms with van der Waals surface area (Å²) in [6.07, 6.45) is 0.568. The molecule has 2 rings (SSSR count). The molecule has 1 heterocycles. The fourth-order valence-corrected chi connectivity index (χ4v) is 3.22. The van der Waals surface area contributed by atoms with E-state index in [1.54, 1.807) is 24.3 Å². The summed E-state index contributed by atoms with van der Waals surface area (Å²) >= 11 is 1.23. The number of anilines is 1. The van der Waals surface area contributed by atoms with Crippen LogP contribution in [-0.4, -0.2) is 26.9 Å². The predicted molar refractivity (Wildman–Crippen MR) is 104 cm³/mol. The summed E-state index contributed by atoms with van der Waals surface area (Å²) in [4.78, 5) is 43.0. The Morgan fingerprint density at radius 1 is 1.27 bits per heavy atom. The third-order valence-corrected chi connectivity index (χ3v) is 5.03. The lowest BCUT2D eigenvalue weighted by molar-refractivity contribution is -0.115. The molecule has 0 aliphatic heterocycles. The van der Waals surface area contributed by atoms with E-state index in [2.05, 4.69) is 15.3 Å². The molecule has 1 aromatic heterocycles. The molecule has 0 spiro atoms. The van der Waals surface area contributed by atoms with Crippen molar-refractivity contribution in [2.75, 3.05) is 5.32 Å². The van der Waals surface area contributed by atoms with Gasteiger partial charge in [-0.1, -0.05) is 44.7 Å². The molecule has 2 N–H and O–H groups in total. The Bertz CT molecular complexity index is 861. The van der Waals surface area contributed by atoms with E-state index < -0.39 is 5.25 Å². The summed E-state index contributed by atoms with van der Waals surface area (Å²) in [7, 11) is 0. The topological polar surface area (TPSA) is 91.9 Å². The van der Waals surface area contributed by atoms with Crippen LogP contribution in [0.25, 0.3) is 0 Å². The number of carbonyl (C=O) groups is 2. The number of H-pyrrole nitrogens is 1. The first kappa shape index (κ1) is 19.9. The third kappa shape index (κ3) is 5.29. The quantitative estimate of drug-likeness (QED) is 0.439. The number of rotatable bonds is 7. The molecule has 2 aromatic rings. The van der Waals surface area contributed by atoms with E-state index in [-0.39, 0.29) is 23.2 Å². The van der Waals surface area contributed by atoms with Crippen LogP contribution in [0.4, 0.5) is 5.69 Å². The second kappa shape index (κ2) is 8.80. The lowest BCUT2D eigenvalue weighted by atomic mass is 10.1. The van der Waals surface area contributed by atoms with Gasteiger partial charge in [-0.2, -0.15) is 0 Å². The summed E-state index contributed by atoms with van der Waals surface area (Å²) in [5, 5.41) is 2.84. The predicted octanol–water partition coefficient (Wildman–Crippen LogP) is 3.61. The van der Waals surface area contributed by atoms with Crippen molar-refractivity contribution in [1.82, 2.24) is 9.97 Å². The van der Waals surface area contributed by atoms with Crippen molar-refractivity contribution in [2.45, 2.75) is 50.4 Å². The molecule has 1 aromatic carbocycles. The second-order valence-corrected chi connectivity index (χ2v) is 7.46. The summed E-state index contributed by atoms with van der Waals surface area (Å²) < 4.78 is 0. The highest BCUT2D eigenvalue weighted by atomic mass is 32.2. The highest BCUT2D eigenvalue weighted by molar-refractivity contribution is 8.00. The fourth-order valence-electron chi connectivity index (χ4n) is 2.30. The number of hydrogen-bond donors (Lipinski definition) is 2. The maximum atomic E-state index is 12.6. The summed E-state index contributed by atoms with van der Waals surface area (Å²) in [6, 6.07) is 8.29. The molecule has 0 bridgehead atoms. The van der Waals surface area contributed by atoms with E-state index >= 15 is 0 Å². The first-order valence-corrected chi connectivity index (χ1v) is 9.38. The van der Waals surface area contributed by atoms with Crippen LogP contribution in [0, 0.1) is 0 Å². The average molecular weight is 373 g/mol. The summed E-state index contributed by atoms with van der Waals surface area (Å²) in [6.45, 7) is 7.30. The zero-order valence-electron chi connectivity index (χ0n) is 15.3. The Kier molecular flexibility index (Phi) is 6.74. The summed E-state index contributed by atoms with van der Waals surface area (Å²) in [5.74, 6) is -0.134. The maximum Gasteiger partial charge on any atom is 0.251 e. The zero-order chi connectivity index (χ0) is 19.3. The smallest absolute Gasteiger partial charge is 0.251 e. The van der Waals surface area contributed by atoms with E-state index in [0.717, 1.165) is 0 Å². The molecule has 1 atom stereocenters. The van der Waals surface area contributed by atoms with E-state index in [9.17, 15) is 14.4 Å². The number of amides is 1. The zero-order valence-corrected chi connectivity index (χ0v) is 16.1. The molecule has 6 nitrogen and oxygen atoms in total. The van der Waals surface area contributed by atoms with Crippen LogP contribution < -0.4 is 10.9 Å². The Balaban J connectivity index is 2.15. The Labute approximate surface area is 156 Å². The normalized spacial score (nSPS) is 12.0. The van der Waals surface area contributed by atoms with Crippen molar-refractivity contribution in [3.63, 3.8) is 0 Å². The Hall–Kier alpha value is -2.41. The number of Topliss-reactive ketones (excluding diaryl/α,β-unsaturated/α-hetero) is 1.